The van der Waals surface area contributed by atoms with Crippen molar-refractivity contribution in [3.63, 3.8) is 0 Å². The van der Waals surface area contributed by atoms with Gasteiger partial charge in [0.1, 0.15) is 22.0 Å². The van der Waals surface area contributed by atoms with Gasteiger partial charge in [-0.25, -0.2) is 17.8 Å². The SMILES string of the molecule is COc1cc2ncc(-c3cc(F)c(OC)c(-c4c[nH]nn4)c3)n2cc1S(=O)(=O)C(C)(C)C. The number of ether oxygens (including phenoxy) is 2. The lowest BCUT2D eigenvalue weighted by molar-refractivity contribution is 0.388. The van der Waals surface area contributed by atoms with Crippen molar-refractivity contribution in [2.24, 2.45) is 0 Å². The van der Waals surface area contributed by atoms with Gasteiger partial charge in [-0.3, -0.25) is 9.50 Å². The molecule has 0 amide bonds. The first-order valence-corrected chi connectivity index (χ1v) is 11.1. The molecule has 11 heteroatoms. The highest BCUT2D eigenvalue weighted by Gasteiger charge is 2.34. The maximum Gasteiger partial charge on any atom is 0.188 e. The first kappa shape index (κ1) is 21.8. The van der Waals surface area contributed by atoms with Gasteiger partial charge in [0.05, 0.1) is 37.1 Å². The van der Waals surface area contributed by atoms with Gasteiger partial charge in [0, 0.05) is 23.4 Å². The molecule has 1 aromatic carbocycles. The van der Waals surface area contributed by atoms with Gasteiger partial charge in [0.2, 0.25) is 0 Å². The molecule has 0 saturated heterocycles. The van der Waals surface area contributed by atoms with Crippen molar-refractivity contribution in [1.29, 1.82) is 0 Å². The minimum Gasteiger partial charge on any atom is -0.495 e. The van der Waals surface area contributed by atoms with E-state index in [4.69, 9.17) is 9.47 Å². The van der Waals surface area contributed by atoms with E-state index in [1.165, 1.54) is 38.9 Å². The molecule has 1 N–H and O–H groups in total. The Morgan fingerprint density at radius 2 is 1.88 bits per heavy atom. The topological polar surface area (TPSA) is 111 Å². The van der Waals surface area contributed by atoms with Crippen LogP contribution in [0.2, 0.25) is 0 Å². The van der Waals surface area contributed by atoms with Crippen LogP contribution in [0.3, 0.4) is 0 Å². The Balaban J connectivity index is 1.98. The lowest BCUT2D eigenvalue weighted by Crippen LogP contribution is -2.28. The number of imidazole rings is 1. The Hall–Kier alpha value is -3.47. The molecule has 0 saturated carbocycles. The van der Waals surface area contributed by atoms with Crippen LogP contribution >= 0.6 is 0 Å². The van der Waals surface area contributed by atoms with E-state index in [0.29, 0.717) is 28.2 Å². The van der Waals surface area contributed by atoms with Crippen molar-refractivity contribution in [1.82, 2.24) is 24.8 Å². The fourth-order valence-corrected chi connectivity index (χ4v) is 4.67. The number of hydrogen-bond donors (Lipinski definition) is 1. The first-order chi connectivity index (χ1) is 15.1. The summed E-state index contributed by atoms with van der Waals surface area (Å²) in [6, 6.07) is 4.53. The quantitative estimate of drug-likeness (QED) is 0.486. The molecule has 0 radical (unpaired) electrons. The van der Waals surface area contributed by atoms with Gasteiger partial charge in [0.15, 0.2) is 21.4 Å². The predicted molar refractivity (Wildman–Crippen MR) is 116 cm³/mol. The highest BCUT2D eigenvalue weighted by Crippen LogP contribution is 2.38. The van der Waals surface area contributed by atoms with Crippen LogP contribution in [-0.2, 0) is 9.84 Å². The Kier molecular flexibility index (Phi) is 5.16. The number of rotatable bonds is 5. The minimum absolute atomic E-state index is 0.0185. The molecule has 0 bridgehead atoms. The average Bonchev–Trinajstić information content (AvgIpc) is 3.41. The van der Waals surface area contributed by atoms with E-state index in [0.717, 1.165) is 0 Å². The van der Waals surface area contributed by atoms with Crippen LogP contribution < -0.4 is 9.47 Å². The number of halogens is 1. The molecule has 3 heterocycles. The molecular weight excluding hydrogens is 437 g/mol. The number of pyridine rings is 1. The van der Waals surface area contributed by atoms with Crippen LogP contribution in [-0.4, -0.2) is 52.2 Å². The Morgan fingerprint density at radius 1 is 1.12 bits per heavy atom. The summed E-state index contributed by atoms with van der Waals surface area (Å²) in [7, 11) is -0.970. The summed E-state index contributed by atoms with van der Waals surface area (Å²) in [5.74, 6) is -0.392. The van der Waals surface area contributed by atoms with E-state index < -0.39 is 20.4 Å². The molecule has 0 aliphatic rings. The molecule has 0 aliphatic heterocycles. The molecule has 168 valence electrons. The summed E-state index contributed by atoms with van der Waals surface area (Å²) in [6.45, 7) is 4.84. The zero-order chi connectivity index (χ0) is 23.3. The highest BCUT2D eigenvalue weighted by molar-refractivity contribution is 7.92. The summed E-state index contributed by atoms with van der Waals surface area (Å²) in [6.07, 6.45) is 4.51. The molecule has 4 aromatic rings. The summed E-state index contributed by atoms with van der Waals surface area (Å²) >= 11 is 0. The number of aromatic amines is 1. The summed E-state index contributed by atoms with van der Waals surface area (Å²) in [5, 5.41) is 10.2. The van der Waals surface area contributed by atoms with Crippen LogP contribution in [0.5, 0.6) is 11.5 Å². The molecule has 32 heavy (non-hydrogen) atoms. The van der Waals surface area contributed by atoms with Crippen LogP contribution in [0, 0.1) is 5.82 Å². The van der Waals surface area contributed by atoms with Gasteiger partial charge in [-0.15, -0.1) is 5.10 Å². The number of nitrogens with one attached hydrogen (secondary N) is 1. The third-order valence-corrected chi connectivity index (χ3v) is 7.62. The average molecular weight is 460 g/mol. The fraction of sp³-hybridized carbons (Fsp3) is 0.286. The molecule has 4 rings (SSSR count). The number of fused-ring (bicyclic) bond motifs is 1. The molecule has 3 aromatic heterocycles. The van der Waals surface area contributed by atoms with E-state index in [-0.39, 0.29) is 16.4 Å². The second-order valence-electron chi connectivity index (χ2n) is 8.09. The largest absolute Gasteiger partial charge is 0.495 e. The lowest BCUT2D eigenvalue weighted by Gasteiger charge is -2.21. The highest BCUT2D eigenvalue weighted by atomic mass is 32.2. The van der Waals surface area contributed by atoms with Gasteiger partial charge >= 0.3 is 0 Å². The molecule has 0 unspecified atom stereocenters. The Morgan fingerprint density at radius 3 is 2.47 bits per heavy atom. The number of nitrogens with zero attached hydrogens (tertiary/aromatic N) is 4. The molecule has 0 spiro atoms. The number of H-pyrrole nitrogens is 1. The number of aromatic nitrogens is 5. The van der Waals surface area contributed by atoms with Crippen molar-refractivity contribution in [3.05, 3.63) is 42.6 Å². The molecule has 0 fully saturated rings. The molecule has 0 atom stereocenters. The lowest BCUT2D eigenvalue weighted by atomic mass is 10.0. The van der Waals surface area contributed by atoms with E-state index in [9.17, 15) is 12.8 Å². The monoisotopic (exact) mass is 459 g/mol. The Bertz CT molecular complexity index is 1410. The van der Waals surface area contributed by atoms with E-state index in [1.54, 1.807) is 37.3 Å². The zero-order valence-corrected chi connectivity index (χ0v) is 19.0. The van der Waals surface area contributed by atoms with Crippen molar-refractivity contribution in [2.75, 3.05) is 14.2 Å². The van der Waals surface area contributed by atoms with Crippen molar-refractivity contribution < 1.29 is 22.3 Å². The third-order valence-electron chi connectivity index (χ3n) is 5.13. The maximum atomic E-state index is 14.9. The first-order valence-electron chi connectivity index (χ1n) is 9.63. The molecular formula is C21H22FN5O4S. The van der Waals surface area contributed by atoms with Crippen molar-refractivity contribution in [3.8, 4) is 34.0 Å². The van der Waals surface area contributed by atoms with Crippen LogP contribution in [0.1, 0.15) is 20.8 Å². The predicted octanol–water partition coefficient (Wildman–Crippen LogP) is 3.51. The van der Waals surface area contributed by atoms with Crippen molar-refractivity contribution >= 4 is 15.5 Å². The number of methoxy groups -OCH3 is 2. The van der Waals surface area contributed by atoms with E-state index in [2.05, 4.69) is 20.4 Å². The van der Waals surface area contributed by atoms with Crippen LogP contribution in [0.4, 0.5) is 4.39 Å². The van der Waals surface area contributed by atoms with Gasteiger partial charge in [-0.1, -0.05) is 5.21 Å². The maximum absolute atomic E-state index is 14.9. The second-order valence-corrected chi connectivity index (χ2v) is 10.8. The van der Waals surface area contributed by atoms with E-state index >= 15 is 0 Å². The normalized spacial score (nSPS) is 12.3. The Labute approximate surface area is 184 Å². The molecule has 9 nitrogen and oxygen atoms in total. The van der Waals surface area contributed by atoms with Gasteiger partial charge in [-0.2, -0.15) is 0 Å². The number of sulfone groups is 1. The number of hydrogen-bond acceptors (Lipinski definition) is 7. The molecule has 0 aliphatic carbocycles. The standard InChI is InChI=1S/C21H22FN5O4S/c1-21(2,3)32(28,29)18-11-27-16(10-23-19(27)8-17(18)30-4)12-6-13(15-9-24-26-25-15)20(31-5)14(22)7-12/h6-11H,1-5H3,(H,24,25,26). The summed E-state index contributed by atoms with van der Waals surface area (Å²) < 4.78 is 52.4. The summed E-state index contributed by atoms with van der Waals surface area (Å²) in [5.41, 5.74) is 2.18. The third kappa shape index (κ3) is 3.38. The van der Waals surface area contributed by atoms with Gasteiger partial charge in [-0.05, 0) is 32.9 Å². The summed E-state index contributed by atoms with van der Waals surface area (Å²) in [4.78, 5) is 4.37. The fourth-order valence-electron chi connectivity index (χ4n) is 3.36. The minimum atomic E-state index is -3.74. The second kappa shape index (κ2) is 7.59. The number of benzene rings is 1. The van der Waals surface area contributed by atoms with Crippen LogP contribution in [0.15, 0.2) is 41.7 Å². The van der Waals surface area contributed by atoms with Gasteiger partial charge < -0.3 is 9.47 Å². The van der Waals surface area contributed by atoms with E-state index in [1.807, 2.05) is 0 Å². The zero-order valence-electron chi connectivity index (χ0n) is 18.2. The van der Waals surface area contributed by atoms with Crippen LogP contribution in [0.25, 0.3) is 28.2 Å². The smallest absolute Gasteiger partial charge is 0.188 e. The van der Waals surface area contributed by atoms with Crippen molar-refractivity contribution in [2.45, 2.75) is 30.4 Å². The van der Waals surface area contributed by atoms with Gasteiger partial charge in [0.25, 0.3) is 0 Å².